The maximum Gasteiger partial charge on any atom is 0.269 e. The molecule has 26 heavy (non-hydrogen) atoms. The number of carbonyl (C=O) groups is 2. The molecule has 0 radical (unpaired) electrons. The van der Waals surface area contributed by atoms with Gasteiger partial charge < -0.3 is 15.6 Å². The van der Waals surface area contributed by atoms with Crippen LogP contribution in [0.3, 0.4) is 0 Å². The van der Waals surface area contributed by atoms with Gasteiger partial charge in [0.15, 0.2) is 0 Å². The van der Waals surface area contributed by atoms with Crippen molar-refractivity contribution in [2.75, 3.05) is 6.54 Å². The quantitative estimate of drug-likeness (QED) is 0.767. The molecule has 1 aromatic carbocycles. The Bertz CT molecular complexity index is 806. The van der Waals surface area contributed by atoms with Crippen LogP contribution < -0.4 is 10.6 Å². The Hall–Kier alpha value is -2.70. The van der Waals surface area contributed by atoms with E-state index in [0.29, 0.717) is 24.1 Å². The van der Waals surface area contributed by atoms with Gasteiger partial charge in [0.05, 0.1) is 19.1 Å². The third-order valence-corrected chi connectivity index (χ3v) is 5.05. The van der Waals surface area contributed by atoms with Crippen LogP contribution in [0.25, 0.3) is 0 Å². The van der Waals surface area contributed by atoms with Gasteiger partial charge in [-0.05, 0) is 43.9 Å². The molecule has 1 heterocycles. The summed E-state index contributed by atoms with van der Waals surface area (Å²) in [5.41, 5.74) is 1.38. The van der Waals surface area contributed by atoms with Gasteiger partial charge in [-0.3, -0.25) is 9.59 Å². The third kappa shape index (κ3) is 3.92. The van der Waals surface area contributed by atoms with E-state index in [1.807, 2.05) is 26.0 Å². The second kappa shape index (κ2) is 7.27. The number of nitrogens with zero attached hydrogens (tertiary/aromatic N) is 1. The molecule has 1 aliphatic carbocycles. The Labute approximate surface area is 151 Å². The van der Waals surface area contributed by atoms with Gasteiger partial charge in [-0.1, -0.05) is 12.1 Å². The van der Waals surface area contributed by atoms with Crippen LogP contribution in [0.15, 0.2) is 30.7 Å². The molecular formula is C19H23FN4O2. The molecule has 138 valence electrons. The second-order valence-electron chi connectivity index (χ2n) is 6.96. The number of rotatable bonds is 5. The summed E-state index contributed by atoms with van der Waals surface area (Å²) in [7, 11) is 0. The molecule has 1 fully saturated rings. The van der Waals surface area contributed by atoms with Crippen LogP contribution in [0, 0.1) is 13.8 Å². The van der Waals surface area contributed by atoms with Crippen molar-refractivity contribution in [1.82, 2.24) is 20.6 Å². The second-order valence-corrected chi connectivity index (χ2v) is 6.96. The van der Waals surface area contributed by atoms with Crippen molar-refractivity contribution < 1.29 is 14.0 Å². The number of aromatic amines is 1. The summed E-state index contributed by atoms with van der Waals surface area (Å²) in [6.07, 6.45) is 3.82. The van der Waals surface area contributed by atoms with E-state index in [2.05, 4.69) is 20.6 Å². The van der Waals surface area contributed by atoms with E-state index < -0.39 is 5.67 Å². The number of halogens is 1. The van der Waals surface area contributed by atoms with E-state index in [4.69, 9.17) is 0 Å². The van der Waals surface area contributed by atoms with Crippen molar-refractivity contribution >= 4 is 11.8 Å². The fourth-order valence-corrected chi connectivity index (χ4v) is 3.34. The fraction of sp³-hybridized carbons (Fsp3) is 0.421. The zero-order chi connectivity index (χ0) is 18.7. The highest BCUT2D eigenvalue weighted by atomic mass is 19.1. The van der Waals surface area contributed by atoms with Crippen LogP contribution in [0.1, 0.15) is 51.2 Å². The highest BCUT2D eigenvalue weighted by Crippen LogP contribution is 2.33. The number of alkyl halides is 1. The third-order valence-electron chi connectivity index (χ3n) is 5.05. The number of benzene rings is 1. The Morgan fingerprint density at radius 3 is 2.88 bits per heavy atom. The van der Waals surface area contributed by atoms with Crippen molar-refractivity contribution in [3.8, 4) is 0 Å². The van der Waals surface area contributed by atoms with Gasteiger partial charge >= 0.3 is 0 Å². The number of H-pyrrole nitrogens is 1. The molecule has 1 saturated carbocycles. The first-order chi connectivity index (χ1) is 12.4. The zero-order valence-electron chi connectivity index (χ0n) is 14.9. The number of imidazole rings is 1. The Morgan fingerprint density at radius 2 is 2.15 bits per heavy atom. The van der Waals surface area contributed by atoms with Gasteiger partial charge in [-0.2, -0.15) is 0 Å². The molecule has 1 aliphatic rings. The predicted molar refractivity (Wildman–Crippen MR) is 95.8 cm³/mol. The topological polar surface area (TPSA) is 86.9 Å². The lowest BCUT2D eigenvalue weighted by Gasteiger charge is -2.20. The molecule has 6 nitrogen and oxygen atoms in total. The summed E-state index contributed by atoms with van der Waals surface area (Å²) in [6.45, 7) is 3.78. The van der Waals surface area contributed by atoms with Crippen LogP contribution >= 0.6 is 0 Å². The summed E-state index contributed by atoms with van der Waals surface area (Å²) in [4.78, 5) is 30.8. The molecule has 0 aliphatic heterocycles. The van der Waals surface area contributed by atoms with Gasteiger partial charge in [-0.25, -0.2) is 9.37 Å². The number of aromatic nitrogens is 2. The van der Waals surface area contributed by atoms with Crippen molar-refractivity contribution in [2.24, 2.45) is 0 Å². The van der Waals surface area contributed by atoms with Crippen molar-refractivity contribution in [1.29, 1.82) is 0 Å². The minimum absolute atomic E-state index is 0.0826. The summed E-state index contributed by atoms with van der Waals surface area (Å²) in [6, 6.07) is 5.34. The SMILES string of the molecule is Cc1cccc(C(=O)N[C@@H]2CC[C@](F)(CNC(=O)c3cnc[nH]3)C2)c1C. The molecule has 2 aromatic rings. The van der Waals surface area contributed by atoms with Gasteiger partial charge in [0.1, 0.15) is 11.4 Å². The van der Waals surface area contributed by atoms with E-state index >= 15 is 0 Å². The number of nitrogens with one attached hydrogen (secondary N) is 3. The average Bonchev–Trinajstić information content (AvgIpc) is 3.26. The summed E-state index contributed by atoms with van der Waals surface area (Å²) >= 11 is 0. The van der Waals surface area contributed by atoms with Crippen LogP contribution in [0.2, 0.25) is 0 Å². The van der Waals surface area contributed by atoms with Gasteiger partial charge in [0.25, 0.3) is 11.8 Å². The van der Waals surface area contributed by atoms with E-state index in [1.54, 1.807) is 6.07 Å². The smallest absolute Gasteiger partial charge is 0.269 e. The first-order valence-corrected chi connectivity index (χ1v) is 8.70. The number of amides is 2. The van der Waals surface area contributed by atoms with Crippen molar-refractivity contribution in [2.45, 2.75) is 44.8 Å². The van der Waals surface area contributed by atoms with Gasteiger partial charge in [0.2, 0.25) is 0 Å². The van der Waals surface area contributed by atoms with E-state index in [-0.39, 0.29) is 30.8 Å². The lowest BCUT2D eigenvalue weighted by Crippen LogP contribution is -2.40. The fourth-order valence-electron chi connectivity index (χ4n) is 3.34. The first-order valence-electron chi connectivity index (χ1n) is 8.70. The van der Waals surface area contributed by atoms with Crippen LogP contribution in [0.5, 0.6) is 0 Å². The highest BCUT2D eigenvalue weighted by Gasteiger charge is 2.40. The Balaban J connectivity index is 1.55. The summed E-state index contributed by atoms with van der Waals surface area (Å²) < 4.78 is 15.0. The normalized spacial score (nSPS) is 22.2. The van der Waals surface area contributed by atoms with E-state index in [0.717, 1.165) is 11.1 Å². The molecule has 0 spiro atoms. The maximum absolute atomic E-state index is 15.0. The molecule has 2 atom stereocenters. The molecule has 3 N–H and O–H groups in total. The molecule has 0 bridgehead atoms. The Morgan fingerprint density at radius 1 is 1.35 bits per heavy atom. The Kier molecular flexibility index (Phi) is 5.06. The number of hydrogen-bond donors (Lipinski definition) is 3. The molecule has 7 heteroatoms. The number of aryl methyl sites for hydroxylation is 1. The molecule has 1 aromatic heterocycles. The number of hydrogen-bond acceptors (Lipinski definition) is 3. The van der Waals surface area contributed by atoms with E-state index in [1.165, 1.54) is 12.5 Å². The van der Waals surface area contributed by atoms with Crippen LogP contribution in [-0.2, 0) is 0 Å². The molecule has 0 saturated heterocycles. The first kappa shape index (κ1) is 18.1. The molecule has 2 amide bonds. The standard InChI is InChI=1S/C19H23FN4O2/c1-12-4-3-5-15(13(12)2)17(25)24-14-6-7-19(20,8-14)10-22-18(26)16-9-21-11-23-16/h3-5,9,11,14H,6-8,10H2,1-2H3,(H,21,23)(H,22,26)(H,24,25)/t14-,19-/m1/s1. The largest absolute Gasteiger partial charge is 0.349 e. The summed E-state index contributed by atoms with van der Waals surface area (Å²) in [5, 5.41) is 5.52. The zero-order valence-corrected chi connectivity index (χ0v) is 14.9. The summed E-state index contributed by atoms with van der Waals surface area (Å²) in [5.74, 6) is -0.565. The van der Waals surface area contributed by atoms with Crippen LogP contribution in [-0.4, -0.2) is 40.0 Å². The van der Waals surface area contributed by atoms with Crippen LogP contribution in [0.4, 0.5) is 4.39 Å². The molecular weight excluding hydrogens is 335 g/mol. The monoisotopic (exact) mass is 358 g/mol. The predicted octanol–water partition coefficient (Wildman–Crippen LogP) is 2.45. The molecule has 0 unspecified atom stereocenters. The lowest BCUT2D eigenvalue weighted by molar-refractivity contribution is 0.0881. The highest BCUT2D eigenvalue weighted by molar-refractivity contribution is 5.96. The average molecular weight is 358 g/mol. The number of carbonyl (C=O) groups excluding carboxylic acids is 2. The molecule has 3 rings (SSSR count). The minimum atomic E-state index is -1.52. The minimum Gasteiger partial charge on any atom is -0.349 e. The van der Waals surface area contributed by atoms with Crippen molar-refractivity contribution in [3.05, 3.63) is 53.1 Å². The van der Waals surface area contributed by atoms with E-state index in [9.17, 15) is 14.0 Å². The van der Waals surface area contributed by atoms with Crippen molar-refractivity contribution in [3.63, 3.8) is 0 Å². The maximum atomic E-state index is 15.0. The lowest BCUT2D eigenvalue weighted by atomic mass is 10.0. The van der Waals surface area contributed by atoms with Gasteiger partial charge in [0, 0.05) is 18.0 Å². The van der Waals surface area contributed by atoms with Gasteiger partial charge in [-0.15, -0.1) is 0 Å².